The summed E-state index contributed by atoms with van der Waals surface area (Å²) in [5.74, 6) is 0.289. The fourth-order valence-corrected chi connectivity index (χ4v) is 1.80. The van der Waals surface area contributed by atoms with Gasteiger partial charge in [-0.2, -0.15) is 0 Å². The minimum absolute atomic E-state index is 0.115. The van der Waals surface area contributed by atoms with E-state index < -0.39 is 5.82 Å². The fourth-order valence-electron chi connectivity index (χ4n) is 1.35. The van der Waals surface area contributed by atoms with Crippen molar-refractivity contribution in [3.63, 3.8) is 0 Å². The van der Waals surface area contributed by atoms with E-state index in [9.17, 15) is 4.39 Å². The van der Waals surface area contributed by atoms with E-state index in [1.165, 1.54) is 6.07 Å². The first-order chi connectivity index (χ1) is 8.16. The van der Waals surface area contributed by atoms with Gasteiger partial charge in [-0.05, 0) is 30.3 Å². The van der Waals surface area contributed by atoms with Gasteiger partial charge < -0.3 is 4.74 Å². The largest absolute Gasteiger partial charge is 0.489 e. The van der Waals surface area contributed by atoms with Crippen LogP contribution in [-0.4, -0.2) is 0 Å². The van der Waals surface area contributed by atoms with E-state index in [0.717, 1.165) is 4.47 Å². The summed E-state index contributed by atoms with van der Waals surface area (Å²) in [6.07, 6.45) is 0. The van der Waals surface area contributed by atoms with Crippen molar-refractivity contribution >= 4 is 27.5 Å². The molecule has 0 atom stereocenters. The Balaban J connectivity index is 2.07. The highest BCUT2D eigenvalue weighted by Crippen LogP contribution is 2.22. The predicted octanol–water partition coefficient (Wildman–Crippen LogP) is 4.82. The fraction of sp³-hybridized carbons (Fsp3) is 0.0769. The van der Waals surface area contributed by atoms with Crippen molar-refractivity contribution in [3.8, 4) is 5.75 Å². The second-order valence-electron chi connectivity index (χ2n) is 3.46. The monoisotopic (exact) mass is 314 g/mol. The van der Waals surface area contributed by atoms with Crippen LogP contribution in [0.15, 0.2) is 46.9 Å². The van der Waals surface area contributed by atoms with Gasteiger partial charge in [0.2, 0.25) is 0 Å². The molecule has 2 aromatic carbocycles. The number of ether oxygens (including phenoxy) is 1. The molecule has 17 heavy (non-hydrogen) atoms. The molecule has 4 heteroatoms. The van der Waals surface area contributed by atoms with Gasteiger partial charge in [0.1, 0.15) is 18.2 Å². The number of benzene rings is 2. The van der Waals surface area contributed by atoms with E-state index in [4.69, 9.17) is 16.3 Å². The Hall–Kier alpha value is -1.06. The van der Waals surface area contributed by atoms with Crippen LogP contribution >= 0.6 is 27.5 Å². The molecular formula is C13H9BrClFO. The molecule has 0 heterocycles. The van der Waals surface area contributed by atoms with E-state index in [0.29, 0.717) is 11.3 Å². The summed E-state index contributed by atoms with van der Waals surface area (Å²) in [6.45, 7) is 0.248. The van der Waals surface area contributed by atoms with Crippen molar-refractivity contribution < 1.29 is 9.13 Å². The molecule has 0 unspecified atom stereocenters. The minimum Gasteiger partial charge on any atom is -0.489 e. The standard InChI is InChI=1S/C13H9BrClFO/c14-10-4-6-11(7-5-10)17-8-9-2-1-3-12(16)13(9)15/h1-7H,8H2. The maximum absolute atomic E-state index is 13.2. The van der Waals surface area contributed by atoms with E-state index in [1.807, 2.05) is 24.3 Å². The molecule has 0 aliphatic heterocycles. The van der Waals surface area contributed by atoms with Crippen LogP contribution in [0.2, 0.25) is 5.02 Å². The van der Waals surface area contributed by atoms with E-state index in [2.05, 4.69) is 15.9 Å². The van der Waals surface area contributed by atoms with Crippen molar-refractivity contribution in [2.45, 2.75) is 6.61 Å². The number of hydrogen-bond donors (Lipinski definition) is 0. The van der Waals surface area contributed by atoms with Crippen molar-refractivity contribution in [2.75, 3.05) is 0 Å². The molecule has 0 aliphatic carbocycles. The van der Waals surface area contributed by atoms with Crippen LogP contribution in [0.4, 0.5) is 4.39 Å². The quantitative estimate of drug-likeness (QED) is 0.789. The first-order valence-electron chi connectivity index (χ1n) is 4.98. The van der Waals surface area contributed by atoms with Gasteiger partial charge in [-0.15, -0.1) is 0 Å². The predicted molar refractivity (Wildman–Crippen MR) is 69.9 cm³/mol. The summed E-state index contributed by atoms with van der Waals surface area (Å²) >= 11 is 9.16. The highest BCUT2D eigenvalue weighted by molar-refractivity contribution is 9.10. The van der Waals surface area contributed by atoms with Gasteiger partial charge in [0, 0.05) is 10.0 Å². The second kappa shape index (κ2) is 5.52. The Bertz CT molecular complexity index is 513. The zero-order valence-corrected chi connectivity index (χ0v) is 11.1. The molecule has 0 amide bonds. The summed E-state index contributed by atoms with van der Waals surface area (Å²) in [4.78, 5) is 0. The lowest BCUT2D eigenvalue weighted by molar-refractivity contribution is 0.305. The molecule has 0 N–H and O–H groups in total. The molecule has 0 radical (unpaired) electrons. The lowest BCUT2D eigenvalue weighted by Crippen LogP contribution is -1.97. The van der Waals surface area contributed by atoms with E-state index >= 15 is 0 Å². The number of hydrogen-bond acceptors (Lipinski definition) is 1. The van der Waals surface area contributed by atoms with Gasteiger partial charge in [-0.25, -0.2) is 4.39 Å². The van der Waals surface area contributed by atoms with Crippen LogP contribution < -0.4 is 4.74 Å². The summed E-state index contributed by atoms with van der Waals surface area (Å²) < 4.78 is 19.7. The number of rotatable bonds is 3. The molecule has 2 rings (SSSR count). The topological polar surface area (TPSA) is 9.23 Å². The van der Waals surface area contributed by atoms with Gasteiger partial charge in [0.05, 0.1) is 5.02 Å². The van der Waals surface area contributed by atoms with Gasteiger partial charge in [0.25, 0.3) is 0 Å². The van der Waals surface area contributed by atoms with Crippen LogP contribution in [0.5, 0.6) is 5.75 Å². The third kappa shape index (κ3) is 3.20. The zero-order chi connectivity index (χ0) is 12.3. The Morgan fingerprint density at radius 3 is 2.53 bits per heavy atom. The smallest absolute Gasteiger partial charge is 0.142 e. The Kier molecular flexibility index (Phi) is 4.02. The summed E-state index contributed by atoms with van der Waals surface area (Å²) in [6, 6.07) is 12.1. The van der Waals surface area contributed by atoms with Gasteiger partial charge in [-0.1, -0.05) is 39.7 Å². The van der Waals surface area contributed by atoms with Crippen LogP contribution in [0.25, 0.3) is 0 Å². The molecule has 0 saturated carbocycles. The molecule has 1 nitrogen and oxygen atoms in total. The van der Waals surface area contributed by atoms with Crippen molar-refractivity contribution in [1.29, 1.82) is 0 Å². The molecule has 88 valence electrons. The highest BCUT2D eigenvalue weighted by Gasteiger charge is 2.05. The number of halogens is 3. The van der Waals surface area contributed by atoms with Gasteiger partial charge in [-0.3, -0.25) is 0 Å². The minimum atomic E-state index is -0.427. The molecular weight excluding hydrogens is 306 g/mol. The van der Waals surface area contributed by atoms with Gasteiger partial charge >= 0.3 is 0 Å². The Morgan fingerprint density at radius 1 is 1.12 bits per heavy atom. The molecule has 0 saturated heterocycles. The average Bonchev–Trinajstić information content (AvgIpc) is 2.33. The Labute approximate surface area is 112 Å². The second-order valence-corrected chi connectivity index (χ2v) is 4.75. The van der Waals surface area contributed by atoms with Gasteiger partial charge in [0.15, 0.2) is 0 Å². The van der Waals surface area contributed by atoms with Crippen molar-refractivity contribution in [1.82, 2.24) is 0 Å². The lowest BCUT2D eigenvalue weighted by Gasteiger charge is -2.08. The average molecular weight is 316 g/mol. The first kappa shape index (κ1) is 12.4. The van der Waals surface area contributed by atoms with Crippen LogP contribution in [-0.2, 0) is 6.61 Å². The third-order valence-corrected chi connectivity index (χ3v) is 3.19. The van der Waals surface area contributed by atoms with Crippen molar-refractivity contribution in [3.05, 3.63) is 63.3 Å². The van der Waals surface area contributed by atoms with Crippen LogP contribution in [0, 0.1) is 5.82 Å². The van der Waals surface area contributed by atoms with Crippen LogP contribution in [0.3, 0.4) is 0 Å². The highest BCUT2D eigenvalue weighted by atomic mass is 79.9. The molecule has 0 bridgehead atoms. The maximum Gasteiger partial charge on any atom is 0.142 e. The SMILES string of the molecule is Fc1cccc(COc2ccc(Br)cc2)c1Cl. The first-order valence-corrected chi connectivity index (χ1v) is 6.15. The third-order valence-electron chi connectivity index (χ3n) is 2.24. The summed E-state index contributed by atoms with van der Waals surface area (Å²) in [7, 11) is 0. The van der Waals surface area contributed by atoms with E-state index in [1.54, 1.807) is 12.1 Å². The molecule has 2 aromatic rings. The normalized spacial score (nSPS) is 10.3. The molecule has 0 aromatic heterocycles. The summed E-state index contributed by atoms with van der Waals surface area (Å²) in [5.41, 5.74) is 0.634. The maximum atomic E-state index is 13.2. The zero-order valence-electron chi connectivity index (χ0n) is 8.79. The van der Waals surface area contributed by atoms with Crippen molar-refractivity contribution in [2.24, 2.45) is 0 Å². The molecule has 0 aliphatic rings. The molecule has 0 fully saturated rings. The van der Waals surface area contributed by atoms with E-state index in [-0.39, 0.29) is 11.6 Å². The lowest BCUT2D eigenvalue weighted by atomic mass is 10.2. The Morgan fingerprint density at radius 2 is 1.82 bits per heavy atom. The van der Waals surface area contributed by atoms with Crippen LogP contribution in [0.1, 0.15) is 5.56 Å². The molecule has 0 spiro atoms. The summed E-state index contributed by atoms with van der Waals surface area (Å²) in [5, 5.41) is 0.115.